The SMILES string of the molecule is CCOc1ccc(S(=O)(=O)[C@@H]2CS(=O)(=O)C[C@H]2NC2CCCCCC2)cc1. The van der Waals surface area contributed by atoms with E-state index < -0.39 is 31.0 Å². The van der Waals surface area contributed by atoms with Crippen LogP contribution >= 0.6 is 0 Å². The average Bonchev–Trinajstić information content (AvgIpc) is 2.78. The van der Waals surface area contributed by atoms with Gasteiger partial charge in [0.05, 0.1) is 28.3 Å². The van der Waals surface area contributed by atoms with Gasteiger partial charge in [0.15, 0.2) is 19.7 Å². The molecule has 1 saturated heterocycles. The van der Waals surface area contributed by atoms with Crippen molar-refractivity contribution in [2.45, 2.75) is 67.7 Å². The molecule has 1 aliphatic carbocycles. The summed E-state index contributed by atoms with van der Waals surface area (Å²) >= 11 is 0. The van der Waals surface area contributed by atoms with Crippen LogP contribution in [-0.4, -0.2) is 52.3 Å². The van der Waals surface area contributed by atoms with Crippen LogP contribution in [0.4, 0.5) is 0 Å². The molecule has 152 valence electrons. The molecule has 2 fully saturated rings. The van der Waals surface area contributed by atoms with Crippen LogP contribution in [-0.2, 0) is 19.7 Å². The second-order valence-electron chi connectivity index (χ2n) is 7.53. The number of rotatable bonds is 6. The van der Waals surface area contributed by atoms with Gasteiger partial charge in [-0.25, -0.2) is 16.8 Å². The molecule has 1 N–H and O–H groups in total. The van der Waals surface area contributed by atoms with E-state index in [9.17, 15) is 16.8 Å². The van der Waals surface area contributed by atoms with Crippen molar-refractivity contribution in [2.75, 3.05) is 18.1 Å². The van der Waals surface area contributed by atoms with Gasteiger partial charge in [-0.2, -0.15) is 0 Å². The van der Waals surface area contributed by atoms with Crippen molar-refractivity contribution >= 4 is 19.7 Å². The lowest BCUT2D eigenvalue weighted by molar-refractivity contribution is 0.340. The Balaban J connectivity index is 1.81. The number of benzene rings is 1. The van der Waals surface area contributed by atoms with E-state index >= 15 is 0 Å². The molecule has 2 aliphatic rings. The predicted octanol–water partition coefficient (Wildman–Crippen LogP) is 2.34. The molecule has 8 heteroatoms. The standard InChI is InChI=1S/C19H29NO5S2/c1-2-25-16-9-11-17(12-10-16)27(23,24)19-14-26(21,22)13-18(19)20-15-7-5-3-4-6-8-15/h9-12,15,18-20H,2-8,13-14H2,1H3/t18-,19-/m1/s1. The number of ether oxygens (including phenoxy) is 1. The molecule has 1 saturated carbocycles. The van der Waals surface area contributed by atoms with Crippen LogP contribution in [0.15, 0.2) is 29.2 Å². The fourth-order valence-corrected chi connectivity index (χ4v) is 8.77. The third-order valence-electron chi connectivity index (χ3n) is 5.47. The highest BCUT2D eigenvalue weighted by Crippen LogP contribution is 2.28. The zero-order valence-corrected chi connectivity index (χ0v) is 17.4. The first-order valence-corrected chi connectivity index (χ1v) is 13.1. The van der Waals surface area contributed by atoms with Crippen molar-refractivity contribution in [3.8, 4) is 5.75 Å². The van der Waals surface area contributed by atoms with Crippen molar-refractivity contribution in [3.63, 3.8) is 0 Å². The first-order valence-electron chi connectivity index (χ1n) is 9.75. The molecule has 0 unspecified atom stereocenters. The highest BCUT2D eigenvalue weighted by molar-refractivity contribution is 7.96. The van der Waals surface area contributed by atoms with Crippen molar-refractivity contribution in [1.82, 2.24) is 5.32 Å². The topological polar surface area (TPSA) is 89.5 Å². The Morgan fingerprint density at radius 2 is 1.67 bits per heavy atom. The van der Waals surface area contributed by atoms with Gasteiger partial charge in [0.25, 0.3) is 0 Å². The number of nitrogens with one attached hydrogen (secondary N) is 1. The summed E-state index contributed by atoms with van der Waals surface area (Å²) in [5.41, 5.74) is 0. The molecule has 0 spiro atoms. The van der Waals surface area contributed by atoms with E-state index in [1.165, 1.54) is 25.0 Å². The van der Waals surface area contributed by atoms with E-state index in [0.29, 0.717) is 12.4 Å². The van der Waals surface area contributed by atoms with Crippen molar-refractivity contribution in [1.29, 1.82) is 0 Å². The number of hydrogen-bond donors (Lipinski definition) is 1. The minimum Gasteiger partial charge on any atom is -0.494 e. The molecule has 0 bridgehead atoms. The van der Waals surface area contributed by atoms with Crippen LogP contribution in [0.25, 0.3) is 0 Å². The van der Waals surface area contributed by atoms with Gasteiger partial charge < -0.3 is 10.1 Å². The Bertz CT molecular complexity index is 825. The van der Waals surface area contributed by atoms with Crippen LogP contribution in [0, 0.1) is 0 Å². The molecule has 0 aromatic heterocycles. The summed E-state index contributed by atoms with van der Waals surface area (Å²) in [4.78, 5) is 0.153. The van der Waals surface area contributed by atoms with Crippen LogP contribution in [0.1, 0.15) is 45.4 Å². The van der Waals surface area contributed by atoms with Crippen molar-refractivity contribution < 1.29 is 21.6 Å². The van der Waals surface area contributed by atoms with Gasteiger partial charge in [0.1, 0.15) is 5.75 Å². The normalized spacial score (nSPS) is 26.6. The lowest BCUT2D eigenvalue weighted by Gasteiger charge is -2.25. The zero-order chi connectivity index (χ0) is 19.5. The molecule has 2 atom stereocenters. The molecule has 1 aromatic carbocycles. The Kier molecular flexibility index (Phi) is 6.48. The van der Waals surface area contributed by atoms with Gasteiger partial charge in [-0.1, -0.05) is 25.7 Å². The van der Waals surface area contributed by atoms with Crippen LogP contribution in [0.5, 0.6) is 5.75 Å². The van der Waals surface area contributed by atoms with Gasteiger partial charge in [-0.05, 0) is 44.0 Å². The maximum Gasteiger partial charge on any atom is 0.183 e. The molecule has 0 radical (unpaired) electrons. The number of sulfone groups is 2. The fraction of sp³-hybridized carbons (Fsp3) is 0.684. The zero-order valence-electron chi connectivity index (χ0n) is 15.8. The first-order chi connectivity index (χ1) is 12.8. The van der Waals surface area contributed by atoms with E-state index in [-0.39, 0.29) is 22.4 Å². The van der Waals surface area contributed by atoms with Gasteiger partial charge in [-0.3, -0.25) is 0 Å². The van der Waals surface area contributed by atoms with Crippen molar-refractivity contribution in [2.24, 2.45) is 0 Å². The average molecular weight is 416 g/mol. The third-order valence-corrected chi connectivity index (χ3v) is 9.63. The lowest BCUT2D eigenvalue weighted by atomic mass is 10.1. The Morgan fingerprint density at radius 1 is 1.04 bits per heavy atom. The summed E-state index contributed by atoms with van der Waals surface area (Å²) in [5.74, 6) is 0.181. The molecule has 27 heavy (non-hydrogen) atoms. The molecule has 6 nitrogen and oxygen atoms in total. The predicted molar refractivity (Wildman–Crippen MR) is 106 cm³/mol. The quantitative estimate of drug-likeness (QED) is 0.718. The Morgan fingerprint density at radius 3 is 2.26 bits per heavy atom. The van der Waals surface area contributed by atoms with Gasteiger partial charge in [0.2, 0.25) is 0 Å². The first kappa shape index (κ1) is 20.6. The minimum atomic E-state index is -3.75. The van der Waals surface area contributed by atoms with Gasteiger partial charge in [-0.15, -0.1) is 0 Å². The minimum absolute atomic E-state index is 0.107. The van der Waals surface area contributed by atoms with Crippen LogP contribution in [0.2, 0.25) is 0 Å². The Hall–Kier alpha value is -1.12. The molecule has 1 aromatic rings. The molecule has 3 rings (SSSR count). The van der Waals surface area contributed by atoms with Gasteiger partial charge >= 0.3 is 0 Å². The second-order valence-corrected chi connectivity index (χ2v) is 11.8. The highest BCUT2D eigenvalue weighted by atomic mass is 32.2. The van der Waals surface area contributed by atoms with Crippen LogP contribution < -0.4 is 10.1 Å². The number of hydrogen-bond acceptors (Lipinski definition) is 6. The lowest BCUT2D eigenvalue weighted by Crippen LogP contribution is -2.47. The third kappa shape index (κ3) is 5.03. The van der Waals surface area contributed by atoms with Crippen molar-refractivity contribution in [3.05, 3.63) is 24.3 Å². The second kappa shape index (κ2) is 8.49. The summed E-state index contributed by atoms with van der Waals surface area (Å²) in [6.07, 6.45) is 6.55. The van der Waals surface area contributed by atoms with Gasteiger partial charge in [0, 0.05) is 12.1 Å². The maximum atomic E-state index is 13.2. The summed E-state index contributed by atoms with van der Waals surface area (Å²) in [6, 6.07) is 5.90. The summed E-state index contributed by atoms with van der Waals surface area (Å²) < 4.78 is 56.2. The molecular weight excluding hydrogens is 386 g/mol. The largest absolute Gasteiger partial charge is 0.494 e. The van der Waals surface area contributed by atoms with E-state index in [4.69, 9.17) is 4.74 Å². The summed E-state index contributed by atoms with van der Waals surface area (Å²) in [5, 5.41) is 2.45. The molecule has 1 aliphatic heterocycles. The van der Waals surface area contributed by atoms with E-state index in [2.05, 4.69) is 5.32 Å². The molecular formula is C19H29NO5S2. The fourth-order valence-electron chi connectivity index (χ4n) is 4.09. The van der Waals surface area contributed by atoms with E-state index in [1.54, 1.807) is 12.1 Å². The van der Waals surface area contributed by atoms with E-state index in [0.717, 1.165) is 25.7 Å². The smallest absolute Gasteiger partial charge is 0.183 e. The molecule has 1 heterocycles. The van der Waals surface area contributed by atoms with Crippen LogP contribution in [0.3, 0.4) is 0 Å². The Labute approximate surface area is 162 Å². The maximum absolute atomic E-state index is 13.2. The highest BCUT2D eigenvalue weighted by Gasteiger charge is 2.46. The van der Waals surface area contributed by atoms with E-state index in [1.807, 2.05) is 6.92 Å². The molecule has 0 amide bonds. The monoisotopic (exact) mass is 415 g/mol. The summed E-state index contributed by atoms with van der Waals surface area (Å²) in [7, 11) is -7.13. The summed E-state index contributed by atoms with van der Waals surface area (Å²) in [6.45, 7) is 2.36.